The van der Waals surface area contributed by atoms with E-state index in [1.807, 2.05) is 0 Å². The number of hydrogen-bond donors (Lipinski definition) is 2. The summed E-state index contributed by atoms with van der Waals surface area (Å²) in [6, 6.07) is -1.13. The third-order valence-corrected chi connectivity index (χ3v) is 4.09. The fraction of sp³-hybridized carbons (Fsp3) is 0.800. The van der Waals surface area contributed by atoms with Crippen molar-refractivity contribution >= 4 is 27.6 Å². The molecular formula is C5H11NO4S2. The van der Waals surface area contributed by atoms with Crippen LogP contribution in [0, 0.1) is 0 Å². The molecule has 0 aliphatic rings. The van der Waals surface area contributed by atoms with Gasteiger partial charge in [0, 0.05) is 27.9 Å². The predicted octanol–water partition coefficient (Wildman–Crippen LogP) is -1.52. The van der Waals surface area contributed by atoms with E-state index in [0.29, 0.717) is 0 Å². The van der Waals surface area contributed by atoms with Gasteiger partial charge in [0.15, 0.2) is 0 Å². The quantitative estimate of drug-likeness (QED) is 0.578. The van der Waals surface area contributed by atoms with Gasteiger partial charge in [0.05, 0.1) is 10.8 Å². The largest absolute Gasteiger partial charge is 0.480 e. The molecule has 0 heterocycles. The van der Waals surface area contributed by atoms with Crippen molar-refractivity contribution in [1.82, 2.24) is 0 Å². The van der Waals surface area contributed by atoms with E-state index in [4.69, 9.17) is 10.8 Å². The van der Waals surface area contributed by atoms with Crippen LogP contribution in [-0.4, -0.2) is 42.6 Å². The minimum Gasteiger partial charge on any atom is -0.480 e. The van der Waals surface area contributed by atoms with Gasteiger partial charge in [-0.3, -0.25) is 13.2 Å². The maximum absolute atomic E-state index is 10.9. The summed E-state index contributed by atoms with van der Waals surface area (Å²) in [5, 5.41) is 8.32. The van der Waals surface area contributed by atoms with E-state index >= 15 is 0 Å². The van der Waals surface area contributed by atoms with E-state index in [9.17, 15) is 13.2 Å². The number of nitrogens with two attached hydrogens (primary N) is 1. The summed E-state index contributed by atoms with van der Waals surface area (Å²) in [5.74, 6) is -1.33. The van der Waals surface area contributed by atoms with E-state index in [0.717, 1.165) is 0 Å². The molecule has 0 aromatic heterocycles. The van der Waals surface area contributed by atoms with Crippen molar-refractivity contribution in [3.63, 3.8) is 0 Å². The number of carbonyl (C=O) groups is 1. The molecular weight excluding hydrogens is 202 g/mol. The van der Waals surface area contributed by atoms with Gasteiger partial charge < -0.3 is 10.8 Å². The standard InChI is InChI=1S/C5H11NO4S2/c1-11(9)3-12(10)2-4(6)5(7)8/h4H,2-3,6H2,1H3,(H,7,8)/t4-,11?,12?/m0/s1. The lowest BCUT2D eigenvalue weighted by Gasteiger charge is -2.04. The molecule has 0 aliphatic heterocycles. The maximum atomic E-state index is 10.9. The molecule has 2 unspecified atom stereocenters. The lowest BCUT2D eigenvalue weighted by atomic mass is 10.4. The van der Waals surface area contributed by atoms with Crippen molar-refractivity contribution in [2.24, 2.45) is 5.73 Å². The average Bonchev–Trinajstić information content (AvgIpc) is 1.84. The second-order valence-corrected chi connectivity index (χ2v) is 5.54. The van der Waals surface area contributed by atoms with Gasteiger partial charge in [-0.25, -0.2) is 0 Å². The first-order valence-electron chi connectivity index (χ1n) is 3.07. The third kappa shape index (κ3) is 5.39. The highest BCUT2D eigenvalue weighted by atomic mass is 32.2. The molecule has 7 heteroatoms. The van der Waals surface area contributed by atoms with Gasteiger partial charge in [-0.15, -0.1) is 0 Å². The molecule has 0 aliphatic carbocycles. The van der Waals surface area contributed by atoms with E-state index in [1.54, 1.807) is 0 Å². The number of rotatable bonds is 5. The Kier molecular flexibility index (Phi) is 5.27. The molecule has 0 radical (unpaired) electrons. The van der Waals surface area contributed by atoms with Crippen molar-refractivity contribution in [2.45, 2.75) is 6.04 Å². The third-order valence-electron chi connectivity index (χ3n) is 0.980. The molecule has 0 amide bonds. The van der Waals surface area contributed by atoms with Gasteiger partial charge in [0.25, 0.3) is 0 Å². The van der Waals surface area contributed by atoms with Crippen molar-refractivity contribution in [1.29, 1.82) is 0 Å². The van der Waals surface area contributed by atoms with Gasteiger partial charge in [-0.1, -0.05) is 0 Å². The van der Waals surface area contributed by atoms with Gasteiger partial charge in [-0.05, 0) is 0 Å². The minimum absolute atomic E-state index is 0.0129. The van der Waals surface area contributed by atoms with E-state index in [1.165, 1.54) is 6.26 Å². The smallest absolute Gasteiger partial charge is 0.321 e. The Morgan fingerprint density at radius 1 is 1.58 bits per heavy atom. The van der Waals surface area contributed by atoms with Crippen LogP contribution in [0.2, 0.25) is 0 Å². The van der Waals surface area contributed by atoms with Gasteiger partial charge >= 0.3 is 5.97 Å². The average molecular weight is 213 g/mol. The highest BCUT2D eigenvalue weighted by Crippen LogP contribution is 1.89. The molecule has 0 saturated carbocycles. The molecule has 5 nitrogen and oxygen atoms in total. The topological polar surface area (TPSA) is 97.5 Å². The van der Waals surface area contributed by atoms with E-state index in [2.05, 4.69) is 0 Å². The minimum atomic E-state index is -1.41. The summed E-state index contributed by atoms with van der Waals surface area (Å²) in [6.07, 6.45) is 1.41. The highest BCUT2D eigenvalue weighted by molar-refractivity contribution is 8.01. The van der Waals surface area contributed by atoms with Crippen LogP contribution in [-0.2, 0) is 26.4 Å². The summed E-state index contributed by atoms with van der Waals surface area (Å²) in [7, 11) is -2.58. The first kappa shape index (κ1) is 11.7. The molecule has 0 fully saturated rings. The zero-order chi connectivity index (χ0) is 9.72. The summed E-state index contributed by atoms with van der Waals surface area (Å²) >= 11 is 0. The van der Waals surface area contributed by atoms with Crippen LogP contribution in [0.1, 0.15) is 0 Å². The fourth-order valence-corrected chi connectivity index (χ4v) is 2.91. The molecule has 0 spiro atoms. The van der Waals surface area contributed by atoms with E-state index in [-0.39, 0.29) is 10.8 Å². The molecule has 0 bridgehead atoms. The lowest BCUT2D eigenvalue weighted by molar-refractivity contribution is -0.137. The molecule has 0 aromatic rings. The first-order chi connectivity index (χ1) is 5.43. The number of aliphatic carboxylic acids is 1. The van der Waals surface area contributed by atoms with Crippen LogP contribution in [0.5, 0.6) is 0 Å². The van der Waals surface area contributed by atoms with Crippen LogP contribution < -0.4 is 5.73 Å². The first-order valence-corrected chi connectivity index (χ1v) is 6.28. The highest BCUT2D eigenvalue weighted by Gasteiger charge is 2.15. The Morgan fingerprint density at radius 3 is 2.42 bits per heavy atom. The number of hydrogen-bond acceptors (Lipinski definition) is 4. The molecule has 12 heavy (non-hydrogen) atoms. The molecule has 0 saturated heterocycles. The number of carboxylic acid groups (broad SMARTS) is 1. The predicted molar refractivity (Wildman–Crippen MR) is 47.6 cm³/mol. The maximum Gasteiger partial charge on any atom is 0.321 e. The summed E-state index contributed by atoms with van der Waals surface area (Å²) in [6.45, 7) is 0. The summed E-state index contributed by atoms with van der Waals surface area (Å²) in [5.41, 5.74) is 5.10. The molecule has 0 rings (SSSR count). The summed E-state index contributed by atoms with van der Waals surface area (Å²) in [4.78, 5) is 10.2. The molecule has 0 aromatic carbocycles. The zero-order valence-electron chi connectivity index (χ0n) is 6.56. The Labute approximate surface area is 75.2 Å². The van der Waals surface area contributed by atoms with Crippen LogP contribution in [0.25, 0.3) is 0 Å². The van der Waals surface area contributed by atoms with E-state index < -0.39 is 33.6 Å². The Morgan fingerprint density at radius 2 is 2.08 bits per heavy atom. The van der Waals surface area contributed by atoms with Crippen molar-refractivity contribution in [2.75, 3.05) is 17.1 Å². The molecule has 3 N–H and O–H groups in total. The second kappa shape index (κ2) is 5.39. The van der Waals surface area contributed by atoms with Crippen molar-refractivity contribution < 1.29 is 18.3 Å². The van der Waals surface area contributed by atoms with Gasteiger partial charge in [0.2, 0.25) is 0 Å². The Balaban J connectivity index is 3.85. The number of carboxylic acids is 1. The second-order valence-electron chi connectivity index (χ2n) is 2.24. The monoisotopic (exact) mass is 213 g/mol. The van der Waals surface area contributed by atoms with Gasteiger partial charge in [0.1, 0.15) is 6.04 Å². The van der Waals surface area contributed by atoms with Gasteiger partial charge in [-0.2, -0.15) is 0 Å². The van der Waals surface area contributed by atoms with Crippen LogP contribution >= 0.6 is 0 Å². The SMILES string of the molecule is CS(=O)CS(=O)C[C@H](N)C(=O)O. The molecule has 3 atom stereocenters. The van der Waals surface area contributed by atoms with Crippen LogP contribution in [0.15, 0.2) is 0 Å². The molecule has 72 valence electrons. The normalized spacial score (nSPS) is 18.2. The lowest BCUT2D eigenvalue weighted by Crippen LogP contribution is -2.36. The van der Waals surface area contributed by atoms with Crippen LogP contribution in [0.3, 0.4) is 0 Å². The van der Waals surface area contributed by atoms with Crippen molar-refractivity contribution in [3.8, 4) is 0 Å². The summed E-state index contributed by atoms with van der Waals surface area (Å²) < 4.78 is 21.5. The van der Waals surface area contributed by atoms with Crippen molar-refractivity contribution in [3.05, 3.63) is 0 Å². The Hall–Kier alpha value is -0.270. The van der Waals surface area contributed by atoms with Crippen LogP contribution in [0.4, 0.5) is 0 Å². The fourth-order valence-electron chi connectivity index (χ4n) is 0.505. The zero-order valence-corrected chi connectivity index (χ0v) is 8.19. The Bertz CT molecular complexity index is 217.